The molecule has 1 aromatic carbocycles. The minimum Gasteiger partial charge on any atom is -0.253 e. The molecule has 2 rings (SSSR count). The predicted octanol–water partition coefficient (Wildman–Crippen LogP) is 3.63. The first-order chi connectivity index (χ1) is 7.31. The van der Waals surface area contributed by atoms with Crippen LogP contribution in [0, 0.1) is 5.82 Å². The second-order valence-electron chi connectivity index (χ2n) is 3.16. The Morgan fingerprint density at radius 3 is 2.60 bits per heavy atom. The van der Waals surface area contributed by atoms with Crippen molar-refractivity contribution in [2.75, 3.05) is 0 Å². The molecule has 0 aliphatic rings. The van der Waals surface area contributed by atoms with Gasteiger partial charge in [0.15, 0.2) is 0 Å². The average molecular weight is 222 g/mol. The number of benzene rings is 1. The monoisotopic (exact) mass is 221 g/mol. The Hall–Kier alpha value is -1.41. The summed E-state index contributed by atoms with van der Waals surface area (Å²) in [6.45, 7) is 0. The zero-order valence-corrected chi connectivity index (χ0v) is 8.71. The van der Waals surface area contributed by atoms with E-state index < -0.39 is 0 Å². The van der Waals surface area contributed by atoms with Gasteiger partial charge in [-0.05, 0) is 6.07 Å². The van der Waals surface area contributed by atoms with Crippen molar-refractivity contribution in [3.63, 3.8) is 0 Å². The summed E-state index contributed by atoms with van der Waals surface area (Å²) in [4.78, 5) is 4.02. The van der Waals surface area contributed by atoms with E-state index in [1.54, 1.807) is 6.07 Å². The van der Waals surface area contributed by atoms with Gasteiger partial charge in [0.25, 0.3) is 0 Å². The number of nitrogens with zero attached hydrogens (tertiary/aromatic N) is 1. The Morgan fingerprint density at radius 2 is 1.93 bits per heavy atom. The summed E-state index contributed by atoms with van der Waals surface area (Å²) < 4.78 is 13.1. The SMILES string of the molecule is Fc1cnc(-c2ccccc2)cc1CCl. The third kappa shape index (κ3) is 2.16. The topological polar surface area (TPSA) is 12.9 Å². The van der Waals surface area contributed by atoms with Crippen molar-refractivity contribution < 1.29 is 4.39 Å². The van der Waals surface area contributed by atoms with Crippen molar-refractivity contribution in [3.05, 3.63) is 54.0 Å². The minimum atomic E-state index is -0.357. The van der Waals surface area contributed by atoms with Crippen LogP contribution in [0.5, 0.6) is 0 Å². The molecule has 0 spiro atoms. The largest absolute Gasteiger partial charge is 0.253 e. The molecule has 0 saturated carbocycles. The number of halogens is 2. The van der Waals surface area contributed by atoms with E-state index in [2.05, 4.69) is 4.98 Å². The van der Waals surface area contributed by atoms with Gasteiger partial charge in [0.2, 0.25) is 0 Å². The Balaban J connectivity index is 2.46. The van der Waals surface area contributed by atoms with Crippen LogP contribution in [0.2, 0.25) is 0 Å². The molecule has 0 atom stereocenters. The third-order valence-electron chi connectivity index (χ3n) is 2.15. The molecule has 0 N–H and O–H groups in total. The third-order valence-corrected chi connectivity index (χ3v) is 2.44. The number of pyridine rings is 1. The van der Waals surface area contributed by atoms with Crippen LogP contribution < -0.4 is 0 Å². The normalized spacial score (nSPS) is 10.3. The van der Waals surface area contributed by atoms with Crippen LogP contribution in [0.1, 0.15) is 5.56 Å². The minimum absolute atomic E-state index is 0.161. The fourth-order valence-corrected chi connectivity index (χ4v) is 1.55. The van der Waals surface area contributed by atoms with Crippen LogP contribution in [0.25, 0.3) is 11.3 Å². The predicted molar refractivity (Wildman–Crippen MR) is 59.2 cm³/mol. The molecule has 0 amide bonds. The van der Waals surface area contributed by atoms with Crippen molar-refractivity contribution >= 4 is 11.6 Å². The van der Waals surface area contributed by atoms with Gasteiger partial charge in [-0.15, -0.1) is 11.6 Å². The van der Waals surface area contributed by atoms with Crippen molar-refractivity contribution in [1.29, 1.82) is 0 Å². The summed E-state index contributed by atoms with van der Waals surface area (Å²) in [6.07, 6.45) is 1.21. The molecule has 0 bridgehead atoms. The molecule has 0 fully saturated rings. The maximum atomic E-state index is 13.1. The van der Waals surface area contributed by atoms with E-state index in [0.29, 0.717) is 5.56 Å². The van der Waals surface area contributed by atoms with Crippen molar-refractivity contribution in [1.82, 2.24) is 4.98 Å². The molecule has 0 unspecified atom stereocenters. The highest BCUT2D eigenvalue weighted by Gasteiger charge is 2.04. The number of hydrogen-bond donors (Lipinski definition) is 0. The first-order valence-electron chi connectivity index (χ1n) is 4.57. The van der Waals surface area contributed by atoms with Gasteiger partial charge in [0, 0.05) is 11.1 Å². The van der Waals surface area contributed by atoms with Gasteiger partial charge in [0.1, 0.15) is 5.82 Å². The molecule has 0 radical (unpaired) electrons. The fourth-order valence-electron chi connectivity index (χ4n) is 1.35. The van der Waals surface area contributed by atoms with Gasteiger partial charge < -0.3 is 0 Å². The number of rotatable bonds is 2. The molecule has 1 nitrogen and oxygen atoms in total. The standard InChI is InChI=1S/C12H9ClFN/c13-7-10-6-12(15-8-11(10)14)9-4-2-1-3-5-9/h1-6,8H,7H2. The Morgan fingerprint density at radius 1 is 1.20 bits per heavy atom. The van der Waals surface area contributed by atoms with Crippen LogP contribution in [-0.4, -0.2) is 4.98 Å². The number of hydrogen-bond acceptors (Lipinski definition) is 1. The van der Waals surface area contributed by atoms with Gasteiger partial charge in [-0.1, -0.05) is 30.3 Å². The molecule has 15 heavy (non-hydrogen) atoms. The summed E-state index contributed by atoms with van der Waals surface area (Å²) in [6, 6.07) is 11.3. The summed E-state index contributed by atoms with van der Waals surface area (Å²) >= 11 is 5.62. The van der Waals surface area contributed by atoms with Crippen LogP contribution in [-0.2, 0) is 5.88 Å². The highest BCUT2D eigenvalue weighted by atomic mass is 35.5. The van der Waals surface area contributed by atoms with E-state index in [0.717, 1.165) is 11.3 Å². The summed E-state index contributed by atoms with van der Waals surface area (Å²) in [5, 5.41) is 0. The maximum absolute atomic E-state index is 13.1. The van der Waals surface area contributed by atoms with Crippen LogP contribution in [0.15, 0.2) is 42.6 Å². The number of alkyl halides is 1. The Kier molecular flexibility index (Phi) is 2.97. The van der Waals surface area contributed by atoms with E-state index in [1.165, 1.54) is 6.20 Å². The van der Waals surface area contributed by atoms with E-state index >= 15 is 0 Å². The molecule has 1 aromatic heterocycles. The van der Waals surface area contributed by atoms with Gasteiger partial charge >= 0.3 is 0 Å². The second kappa shape index (κ2) is 4.41. The smallest absolute Gasteiger partial charge is 0.145 e. The van der Waals surface area contributed by atoms with Gasteiger partial charge in [-0.2, -0.15) is 0 Å². The second-order valence-corrected chi connectivity index (χ2v) is 3.43. The zero-order valence-electron chi connectivity index (χ0n) is 7.95. The molecular weight excluding hydrogens is 213 g/mol. The lowest BCUT2D eigenvalue weighted by Crippen LogP contribution is -1.91. The summed E-state index contributed by atoms with van der Waals surface area (Å²) in [5.41, 5.74) is 2.18. The van der Waals surface area contributed by atoms with Crippen LogP contribution in [0.4, 0.5) is 4.39 Å². The van der Waals surface area contributed by atoms with E-state index in [9.17, 15) is 4.39 Å². The highest BCUT2D eigenvalue weighted by molar-refractivity contribution is 6.17. The Labute approximate surface area is 92.5 Å². The zero-order chi connectivity index (χ0) is 10.7. The molecule has 3 heteroatoms. The lowest BCUT2D eigenvalue weighted by Gasteiger charge is -2.03. The molecule has 0 aliphatic heterocycles. The van der Waals surface area contributed by atoms with Crippen molar-refractivity contribution in [3.8, 4) is 11.3 Å². The van der Waals surface area contributed by atoms with Crippen molar-refractivity contribution in [2.45, 2.75) is 5.88 Å². The number of aromatic nitrogens is 1. The molecule has 0 aliphatic carbocycles. The van der Waals surface area contributed by atoms with Crippen LogP contribution in [0.3, 0.4) is 0 Å². The summed E-state index contributed by atoms with van der Waals surface area (Å²) in [7, 11) is 0. The fraction of sp³-hybridized carbons (Fsp3) is 0.0833. The quantitative estimate of drug-likeness (QED) is 0.706. The van der Waals surface area contributed by atoms with Crippen LogP contribution >= 0.6 is 11.6 Å². The first-order valence-corrected chi connectivity index (χ1v) is 5.10. The van der Waals surface area contributed by atoms with Crippen molar-refractivity contribution in [2.24, 2.45) is 0 Å². The van der Waals surface area contributed by atoms with Gasteiger partial charge in [-0.3, -0.25) is 4.98 Å². The van der Waals surface area contributed by atoms with E-state index in [4.69, 9.17) is 11.6 Å². The molecule has 0 saturated heterocycles. The van der Waals surface area contributed by atoms with E-state index in [1.807, 2.05) is 30.3 Å². The lowest BCUT2D eigenvalue weighted by atomic mass is 10.1. The Bertz CT molecular complexity index is 456. The van der Waals surface area contributed by atoms with Gasteiger partial charge in [0.05, 0.1) is 17.8 Å². The average Bonchev–Trinajstić information content (AvgIpc) is 2.31. The first kappa shape index (κ1) is 10.1. The highest BCUT2D eigenvalue weighted by Crippen LogP contribution is 2.19. The van der Waals surface area contributed by atoms with Gasteiger partial charge in [-0.25, -0.2) is 4.39 Å². The molecule has 1 heterocycles. The molecular formula is C12H9ClFN. The molecule has 2 aromatic rings. The molecule has 76 valence electrons. The summed E-state index contributed by atoms with van der Waals surface area (Å²) in [5.74, 6) is -0.196. The maximum Gasteiger partial charge on any atom is 0.145 e. The van der Waals surface area contributed by atoms with E-state index in [-0.39, 0.29) is 11.7 Å². The lowest BCUT2D eigenvalue weighted by molar-refractivity contribution is 0.611.